The van der Waals surface area contributed by atoms with Gasteiger partial charge in [0.2, 0.25) is 5.69 Å². The van der Waals surface area contributed by atoms with Crippen molar-refractivity contribution in [3.05, 3.63) is 130 Å². The number of allylic oxidation sites excluding steroid dienone is 8. The van der Waals surface area contributed by atoms with Gasteiger partial charge in [-0.3, -0.25) is 0 Å². The Hall–Kier alpha value is -3.88. The Morgan fingerprint density at radius 1 is 0.725 bits per heavy atom. The summed E-state index contributed by atoms with van der Waals surface area (Å²) in [6.45, 7) is 20.9. The quantitative estimate of drug-likeness (QED) is 0.158. The van der Waals surface area contributed by atoms with Gasteiger partial charge in [0.1, 0.15) is 6.54 Å². The molecular formula is C48H56ClN2+. The summed E-state index contributed by atoms with van der Waals surface area (Å²) < 4.78 is 2.59. The van der Waals surface area contributed by atoms with E-state index in [0.717, 1.165) is 50.2 Å². The predicted octanol–water partition coefficient (Wildman–Crippen LogP) is 13.3. The highest BCUT2D eigenvalue weighted by Crippen LogP contribution is 2.51. The summed E-state index contributed by atoms with van der Waals surface area (Å²) in [7, 11) is 0. The highest BCUT2D eigenvalue weighted by atomic mass is 35.5. The fourth-order valence-corrected chi connectivity index (χ4v) is 9.21. The lowest BCUT2D eigenvalue weighted by molar-refractivity contribution is -0.439. The van der Waals surface area contributed by atoms with Crippen LogP contribution in [-0.2, 0) is 10.8 Å². The SMILES string of the molecule is CC(C)CCN1/C(=C/C=C2\CCCC(/C=C/C3=[N+](CCC(C)C)c4ccc5ccccc5c4C3(C)C)=C2Cl)C(C)(C)c2c1ccc1ccccc21. The van der Waals surface area contributed by atoms with Crippen molar-refractivity contribution < 1.29 is 4.58 Å². The number of fused-ring (bicyclic) bond motifs is 6. The lowest BCUT2D eigenvalue weighted by Crippen LogP contribution is -2.28. The average molecular weight is 696 g/mol. The Balaban J connectivity index is 1.26. The molecule has 51 heavy (non-hydrogen) atoms. The molecule has 0 unspecified atom stereocenters. The second-order valence-electron chi connectivity index (χ2n) is 16.9. The van der Waals surface area contributed by atoms with Crippen molar-refractivity contribution in [3.63, 3.8) is 0 Å². The topological polar surface area (TPSA) is 6.25 Å². The molecule has 0 aromatic heterocycles. The van der Waals surface area contributed by atoms with Crippen molar-refractivity contribution in [2.45, 2.75) is 98.3 Å². The summed E-state index contributed by atoms with van der Waals surface area (Å²) in [5.74, 6) is 1.27. The van der Waals surface area contributed by atoms with Crippen molar-refractivity contribution in [1.82, 2.24) is 0 Å². The van der Waals surface area contributed by atoms with Gasteiger partial charge in [0.15, 0.2) is 5.71 Å². The van der Waals surface area contributed by atoms with Crippen molar-refractivity contribution >= 4 is 50.2 Å². The smallest absolute Gasteiger partial charge is 0.210 e. The first-order valence-electron chi connectivity index (χ1n) is 19.3. The van der Waals surface area contributed by atoms with Gasteiger partial charge >= 0.3 is 0 Å². The zero-order valence-electron chi connectivity index (χ0n) is 32.1. The number of benzene rings is 4. The molecule has 0 spiro atoms. The molecule has 3 heteroatoms. The Kier molecular flexibility index (Phi) is 9.70. The lowest BCUT2D eigenvalue weighted by atomic mass is 9.78. The monoisotopic (exact) mass is 695 g/mol. The number of hydrogen-bond donors (Lipinski definition) is 0. The van der Waals surface area contributed by atoms with E-state index >= 15 is 0 Å². The maximum Gasteiger partial charge on any atom is 0.210 e. The van der Waals surface area contributed by atoms with Gasteiger partial charge in [-0.2, -0.15) is 4.58 Å². The highest BCUT2D eigenvalue weighted by molar-refractivity contribution is 6.32. The number of nitrogens with zero attached hydrogens (tertiary/aromatic N) is 2. The molecule has 0 N–H and O–H groups in total. The molecule has 3 aliphatic rings. The normalized spacial score (nSPS) is 20.0. The summed E-state index contributed by atoms with van der Waals surface area (Å²) >= 11 is 7.37. The van der Waals surface area contributed by atoms with Gasteiger partial charge in [-0.1, -0.05) is 120 Å². The fraction of sp³-hybridized carbons (Fsp3) is 0.396. The van der Waals surface area contributed by atoms with Crippen molar-refractivity contribution in [3.8, 4) is 0 Å². The van der Waals surface area contributed by atoms with Gasteiger partial charge in [0, 0.05) is 52.5 Å². The molecule has 7 rings (SSSR count). The van der Waals surface area contributed by atoms with Crippen LogP contribution in [0.4, 0.5) is 11.4 Å². The minimum absolute atomic E-state index is 0.124. The molecule has 0 bridgehead atoms. The molecule has 2 nitrogen and oxygen atoms in total. The van der Waals surface area contributed by atoms with Crippen LogP contribution in [0.5, 0.6) is 0 Å². The summed E-state index contributed by atoms with van der Waals surface area (Å²) in [5, 5.41) is 6.27. The molecular weight excluding hydrogens is 640 g/mol. The summed E-state index contributed by atoms with van der Waals surface area (Å²) in [4.78, 5) is 2.59. The van der Waals surface area contributed by atoms with Gasteiger partial charge in [-0.05, 0) is 108 Å². The molecule has 1 aliphatic carbocycles. The first-order chi connectivity index (χ1) is 24.4. The molecule has 4 aromatic rings. The average Bonchev–Trinajstić information content (AvgIpc) is 3.46. The van der Waals surface area contributed by atoms with Gasteiger partial charge in [-0.25, -0.2) is 0 Å². The molecule has 2 heterocycles. The molecule has 2 aliphatic heterocycles. The van der Waals surface area contributed by atoms with E-state index in [1.54, 1.807) is 0 Å². The number of anilines is 1. The van der Waals surface area contributed by atoms with Crippen LogP contribution in [0.1, 0.15) is 98.6 Å². The molecule has 0 radical (unpaired) electrons. The van der Waals surface area contributed by atoms with E-state index in [2.05, 4.69) is 162 Å². The Morgan fingerprint density at radius 3 is 2.06 bits per heavy atom. The first kappa shape index (κ1) is 35.5. The molecule has 0 saturated heterocycles. The van der Waals surface area contributed by atoms with Crippen LogP contribution < -0.4 is 4.90 Å². The van der Waals surface area contributed by atoms with E-state index in [4.69, 9.17) is 11.6 Å². The molecule has 0 fully saturated rings. The van der Waals surface area contributed by atoms with Gasteiger partial charge in [0.25, 0.3) is 0 Å². The minimum Gasteiger partial charge on any atom is -0.344 e. The Morgan fingerprint density at radius 2 is 1.37 bits per heavy atom. The van der Waals surface area contributed by atoms with Crippen LogP contribution in [0.25, 0.3) is 21.5 Å². The second-order valence-corrected chi connectivity index (χ2v) is 17.3. The summed E-state index contributed by atoms with van der Waals surface area (Å²) in [6.07, 6.45) is 14.9. The van der Waals surface area contributed by atoms with Crippen LogP contribution >= 0.6 is 11.6 Å². The number of rotatable bonds is 9. The Bertz CT molecular complexity index is 2150. The molecule has 0 atom stereocenters. The van der Waals surface area contributed by atoms with Gasteiger partial charge in [0.05, 0.1) is 5.41 Å². The standard InChI is InChI=1S/C48H56ClN2/c1-32(2)28-30-50-40-24-20-34-14-9-11-18-38(34)44(40)47(5,6)42(50)26-22-36-16-13-17-37(46(36)49)23-27-43-48(7,8)45-39-19-12-10-15-35(39)21-25-41(45)51(43)31-29-33(3)4/h9-12,14-15,18-27,32-33H,13,16-17,28-31H2,1-8H3/q+1. The summed E-state index contributed by atoms with van der Waals surface area (Å²) in [5.41, 5.74) is 10.6. The highest BCUT2D eigenvalue weighted by Gasteiger charge is 2.45. The van der Waals surface area contributed by atoms with Crippen molar-refractivity contribution in [2.75, 3.05) is 18.0 Å². The Labute approximate surface area is 311 Å². The van der Waals surface area contributed by atoms with E-state index in [0.29, 0.717) is 11.8 Å². The van der Waals surface area contributed by atoms with Crippen molar-refractivity contribution in [2.24, 2.45) is 11.8 Å². The fourth-order valence-electron chi connectivity index (χ4n) is 8.89. The van der Waals surface area contributed by atoms with Crippen LogP contribution in [-0.4, -0.2) is 23.4 Å². The van der Waals surface area contributed by atoms with E-state index in [1.807, 2.05) is 0 Å². The van der Waals surface area contributed by atoms with E-state index < -0.39 is 0 Å². The third kappa shape index (κ3) is 6.43. The molecule has 4 aromatic carbocycles. The van der Waals surface area contributed by atoms with Crippen LogP contribution in [0.15, 0.2) is 119 Å². The largest absolute Gasteiger partial charge is 0.344 e. The zero-order valence-corrected chi connectivity index (χ0v) is 32.9. The predicted molar refractivity (Wildman–Crippen MR) is 222 cm³/mol. The van der Waals surface area contributed by atoms with Crippen LogP contribution in [0.2, 0.25) is 0 Å². The van der Waals surface area contributed by atoms with Crippen LogP contribution in [0, 0.1) is 11.8 Å². The molecule has 264 valence electrons. The van der Waals surface area contributed by atoms with E-state index in [1.165, 1.54) is 66.6 Å². The second kappa shape index (κ2) is 13.9. The number of halogens is 1. The number of hydrogen-bond acceptors (Lipinski definition) is 1. The third-order valence-electron chi connectivity index (χ3n) is 11.7. The molecule has 0 amide bonds. The van der Waals surface area contributed by atoms with Crippen molar-refractivity contribution in [1.29, 1.82) is 0 Å². The first-order valence-corrected chi connectivity index (χ1v) is 19.7. The minimum atomic E-state index is -0.124. The van der Waals surface area contributed by atoms with E-state index in [9.17, 15) is 0 Å². The zero-order chi connectivity index (χ0) is 36.1. The van der Waals surface area contributed by atoms with Gasteiger partial charge < -0.3 is 4.90 Å². The van der Waals surface area contributed by atoms with Crippen LogP contribution in [0.3, 0.4) is 0 Å². The summed E-state index contributed by atoms with van der Waals surface area (Å²) in [6, 6.07) is 27.0. The maximum atomic E-state index is 7.37. The van der Waals surface area contributed by atoms with Gasteiger partial charge in [-0.15, -0.1) is 0 Å². The lowest BCUT2D eigenvalue weighted by Gasteiger charge is -2.28. The third-order valence-corrected chi connectivity index (χ3v) is 12.2. The van der Waals surface area contributed by atoms with E-state index in [-0.39, 0.29) is 10.8 Å². The maximum absolute atomic E-state index is 7.37. The molecule has 0 saturated carbocycles.